The van der Waals surface area contributed by atoms with Gasteiger partial charge in [0.05, 0.1) is 24.4 Å². The Balaban J connectivity index is 1.39. The quantitative estimate of drug-likeness (QED) is 0.412. The third-order valence-electron chi connectivity index (χ3n) is 7.93. The molecule has 4 aromatic rings. The first-order chi connectivity index (χ1) is 18.6. The molecule has 6 rings (SSSR count). The Hall–Kier alpha value is -3.79. The van der Waals surface area contributed by atoms with Gasteiger partial charge in [0.25, 0.3) is 5.56 Å². The maximum Gasteiger partial charge on any atom is 0.253 e. The Morgan fingerprint density at radius 2 is 1.82 bits per heavy atom. The third-order valence-corrected chi connectivity index (χ3v) is 7.93. The summed E-state index contributed by atoms with van der Waals surface area (Å²) in [5.74, 6) is 1.15. The van der Waals surface area contributed by atoms with Gasteiger partial charge in [0.1, 0.15) is 17.6 Å². The van der Waals surface area contributed by atoms with Crippen LogP contribution in [0, 0.1) is 5.82 Å². The fraction of sp³-hybridized carbons (Fsp3) is 0.429. The Kier molecular flexibility index (Phi) is 6.80. The number of hydrogen-bond acceptors (Lipinski definition) is 7. The van der Waals surface area contributed by atoms with Crippen LogP contribution in [0.5, 0.6) is 5.75 Å². The van der Waals surface area contributed by atoms with Gasteiger partial charge in [-0.25, -0.2) is 9.07 Å². The van der Waals surface area contributed by atoms with Gasteiger partial charge in [0.15, 0.2) is 5.82 Å². The number of aromatic amines is 1. The van der Waals surface area contributed by atoms with Crippen molar-refractivity contribution in [2.45, 2.75) is 44.2 Å². The lowest BCUT2D eigenvalue weighted by Crippen LogP contribution is -2.49. The molecule has 3 heterocycles. The molecule has 1 aliphatic heterocycles. The standard InChI is InChI=1S/C28H32FN7O2/c1-38-21-12-11-19-17-22(28(37)30-24(19)18-21)26(27-31-32-33-36(27)20-7-3-2-4-8-20)35-15-13-34(14-16-35)25-10-6-5-9-23(25)29/h5-6,9-12,17-18,20,26H,2-4,7-8,13-16H2,1H3,(H,30,37)/t26-/m0/s1. The molecule has 1 saturated heterocycles. The molecule has 1 atom stereocenters. The first kappa shape index (κ1) is 24.5. The molecule has 0 radical (unpaired) electrons. The zero-order valence-electron chi connectivity index (χ0n) is 21.5. The number of hydrogen-bond donors (Lipinski definition) is 1. The molecule has 0 spiro atoms. The molecule has 2 aromatic heterocycles. The molecule has 38 heavy (non-hydrogen) atoms. The van der Waals surface area contributed by atoms with Gasteiger partial charge in [-0.05, 0) is 59.0 Å². The van der Waals surface area contributed by atoms with E-state index < -0.39 is 6.04 Å². The molecule has 2 aliphatic rings. The summed E-state index contributed by atoms with van der Waals surface area (Å²) in [7, 11) is 1.61. The van der Waals surface area contributed by atoms with Crippen molar-refractivity contribution in [3.8, 4) is 5.75 Å². The van der Waals surface area contributed by atoms with Crippen LogP contribution in [-0.2, 0) is 0 Å². The minimum atomic E-state index is -0.426. The molecular weight excluding hydrogens is 485 g/mol. The number of tetrazole rings is 1. The number of benzene rings is 2. The second kappa shape index (κ2) is 10.5. The van der Waals surface area contributed by atoms with E-state index in [0.29, 0.717) is 54.5 Å². The summed E-state index contributed by atoms with van der Waals surface area (Å²) in [6, 6.07) is 14.3. The lowest BCUT2D eigenvalue weighted by molar-refractivity contribution is 0.192. The summed E-state index contributed by atoms with van der Waals surface area (Å²) in [4.78, 5) is 20.9. The Morgan fingerprint density at radius 1 is 1.03 bits per heavy atom. The van der Waals surface area contributed by atoms with Gasteiger partial charge in [0, 0.05) is 37.8 Å². The predicted molar refractivity (Wildman–Crippen MR) is 143 cm³/mol. The van der Waals surface area contributed by atoms with Crippen LogP contribution < -0.4 is 15.2 Å². The van der Waals surface area contributed by atoms with E-state index in [1.54, 1.807) is 13.2 Å². The number of nitrogens with one attached hydrogen (secondary N) is 1. The number of rotatable bonds is 6. The summed E-state index contributed by atoms with van der Waals surface area (Å²) in [6.07, 6.45) is 5.57. The summed E-state index contributed by atoms with van der Waals surface area (Å²) in [6.45, 7) is 2.53. The molecule has 2 aromatic carbocycles. The summed E-state index contributed by atoms with van der Waals surface area (Å²) < 4.78 is 21.8. The van der Waals surface area contributed by atoms with E-state index in [4.69, 9.17) is 4.74 Å². The number of nitrogens with zero attached hydrogens (tertiary/aromatic N) is 6. The average Bonchev–Trinajstić information content (AvgIpc) is 3.44. The van der Waals surface area contributed by atoms with E-state index in [9.17, 15) is 9.18 Å². The highest BCUT2D eigenvalue weighted by molar-refractivity contribution is 5.80. The van der Waals surface area contributed by atoms with Crippen molar-refractivity contribution in [1.82, 2.24) is 30.1 Å². The Bertz CT molecular complexity index is 1470. The van der Waals surface area contributed by atoms with Crippen LogP contribution in [0.15, 0.2) is 53.3 Å². The maximum atomic E-state index is 14.5. The number of ether oxygens (including phenoxy) is 1. The van der Waals surface area contributed by atoms with Crippen molar-refractivity contribution in [2.75, 3.05) is 38.2 Å². The van der Waals surface area contributed by atoms with Crippen molar-refractivity contribution in [1.29, 1.82) is 0 Å². The fourth-order valence-corrected chi connectivity index (χ4v) is 5.92. The minimum Gasteiger partial charge on any atom is -0.497 e. The van der Waals surface area contributed by atoms with Crippen LogP contribution in [0.3, 0.4) is 0 Å². The van der Waals surface area contributed by atoms with Crippen LogP contribution in [-0.4, -0.2) is 63.4 Å². The number of H-pyrrole nitrogens is 1. The van der Waals surface area contributed by atoms with E-state index in [1.165, 1.54) is 12.5 Å². The molecule has 0 amide bonds. The molecule has 1 aliphatic carbocycles. The van der Waals surface area contributed by atoms with E-state index in [2.05, 4.69) is 30.3 Å². The Morgan fingerprint density at radius 3 is 2.58 bits per heavy atom. The van der Waals surface area contributed by atoms with Crippen LogP contribution in [0.2, 0.25) is 0 Å². The number of para-hydroxylation sites is 1. The smallest absolute Gasteiger partial charge is 0.253 e. The lowest BCUT2D eigenvalue weighted by atomic mass is 9.95. The second-order valence-electron chi connectivity index (χ2n) is 10.2. The van der Waals surface area contributed by atoms with Gasteiger partial charge in [0.2, 0.25) is 0 Å². The van der Waals surface area contributed by atoms with Crippen LogP contribution >= 0.6 is 0 Å². The SMILES string of the molecule is COc1ccc2cc([C@@H](c3nnnn3C3CCCCC3)N3CCN(c4ccccc4F)CC3)c(=O)[nH]c2c1. The topological polar surface area (TPSA) is 92.2 Å². The number of aromatic nitrogens is 5. The zero-order valence-corrected chi connectivity index (χ0v) is 21.5. The predicted octanol–water partition coefficient (Wildman–Crippen LogP) is 4.08. The number of fused-ring (bicyclic) bond motifs is 1. The van der Waals surface area contributed by atoms with E-state index in [1.807, 2.05) is 41.1 Å². The van der Waals surface area contributed by atoms with E-state index in [0.717, 1.165) is 31.1 Å². The second-order valence-corrected chi connectivity index (χ2v) is 10.2. The molecule has 1 saturated carbocycles. The molecule has 10 heteroatoms. The number of halogens is 1. The normalized spacial score (nSPS) is 18.1. The zero-order chi connectivity index (χ0) is 26.1. The third kappa shape index (κ3) is 4.64. The molecule has 198 valence electrons. The lowest BCUT2D eigenvalue weighted by Gasteiger charge is -2.40. The van der Waals surface area contributed by atoms with Crippen molar-refractivity contribution in [3.63, 3.8) is 0 Å². The summed E-state index contributed by atoms with van der Waals surface area (Å²) in [5, 5.41) is 13.9. The van der Waals surface area contributed by atoms with Gasteiger partial charge in [-0.15, -0.1) is 5.10 Å². The first-order valence-corrected chi connectivity index (χ1v) is 13.3. The van der Waals surface area contributed by atoms with Gasteiger partial charge < -0.3 is 14.6 Å². The number of pyridine rings is 1. The van der Waals surface area contributed by atoms with E-state index in [-0.39, 0.29) is 17.4 Å². The van der Waals surface area contributed by atoms with Crippen LogP contribution in [0.4, 0.5) is 10.1 Å². The number of piperazine rings is 1. The largest absolute Gasteiger partial charge is 0.497 e. The maximum absolute atomic E-state index is 14.5. The summed E-state index contributed by atoms with van der Waals surface area (Å²) >= 11 is 0. The van der Waals surface area contributed by atoms with Gasteiger partial charge in [-0.2, -0.15) is 0 Å². The molecule has 9 nitrogen and oxygen atoms in total. The van der Waals surface area contributed by atoms with Crippen molar-refractivity contribution in [3.05, 3.63) is 76.1 Å². The average molecular weight is 518 g/mol. The van der Waals surface area contributed by atoms with Gasteiger partial charge >= 0.3 is 0 Å². The molecule has 1 N–H and O–H groups in total. The highest BCUT2D eigenvalue weighted by Crippen LogP contribution is 2.34. The first-order valence-electron chi connectivity index (χ1n) is 13.3. The van der Waals surface area contributed by atoms with Gasteiger partial charge in [-0.3, -0.25) is 9.69 Å². The van der Waals surface area contributed by atoms with E-state index >= 15 is 0 Å². The fourth-order valence-electron chi connectivity index (χ4n) is 5.92. The van der Waals surface area contributed by atoms with Crippen molar-refractivity contribution >= 4 is 16.6 Å². The molecule has 0 bridgehead atoms. The van der Waals surface area contributed by atoms with Gasteiger partial charge in [-0.1, -0.05) is 31.4 Å². The number of anilines is 1. The van der Waals surface area contributed by atoms with Crippen LogP contribution in [0.25, 0.3) is 10.9 Å². The minimum absolute atomic E-state index is 0.175. The molecule has 2 fully saturated rings. The molecule has 0 unspecified atom stereocenters. The molecular formula is C28H32FN7O2. The summed E-state index contributed by atoms with van der Waals surface area (Å²) in [5.41, 5.74) is 1.75. The monoisotopic (exact) mass is 517 g/mol. The highest BCUT2D eigenvalue weighted by Gasteiger charge is 2.34. The van der Waals surface area contributed by atoms with Crippen molar-refractivity contribution in [2.24, 2.45) is 0 Å². The number of methoxy groups -OCH3 is 1. The van der Waals surface area contributed by atoms with Crippen LogP contribution in [0.1, 0.15) is 55.6 Å². The van der Waals surface area contributed by atoms with Crippen molar-refractivity contribution < 1.29 is 9.13 Å². The highest BCUT2D eigenvalue weighted by atomic mass is 19.1. The Labute approximate surface area is 220 Å².